The van der Waals surface area contributed by atoms with Crippen LogP contribution in [0.15, 0.2) is 0 Å². The maximum atomic E-state index is 10.7. The number of carboxylic acid groups (broad SMARTS) is 2. The van der Waals surface area contributed by atoms with Crippen molar-refractivity contribution in [3.05, 3.63) is 0 Å². The molecule has 0 aromatic heterocycles. The Bertz CT molecular complexity index is 201. The van der Waals surface area contributed by atoms with E-state index in [9.17, 15) is 9.59 Å². The standard InChI is InChI=1S/C12H22O4/c1-3-5-9(7-11(13)14)10(6-4-2)8-12(15)16/h9-10H,3-8H2,1-2H3,(H,13,14)(H,15,16)/t9-,10-/m0/s1. The molecule has 0 aliphatic carbocycles. The van der Waals surface area contributed by atoms with Gasteiger partial charge in [-0.3, -0.25) is 9.59 Å². The van der Waals surface area contributed by atoms with E-state index in [-0.39, 0.29) is 24.7 Å². The molecule has 0 rings (SSSR count). The molecule has 94 valence electrons. The van der Waals surface area contributed by atoms with Crippen molar-refractivity contribution in [1.82, 2.24) is 0 Å². The van der Waals surface area contributed by atoms with Crippen molar-refractivity contribution in [1.29, 1.82) is 0 Å². The summed E-state index contributed by atoms with van der Waals surface area (Å²) >= 11 is 0. The molecule has 0 amide bonds. The Morgan fingerprint density at radius 3 is 1.38 bits per heavy atom. The maximum Gasteiger partial charge on any atom is 0.303 e. The summed E-state index contributed by atoms with van der Waals surface area (Å²) in [6, 6.07) is 0. The highest BCUT2D eigenvalue weighted by molar-refractivity contribution is 5.68. The van der Waals surface area contributed by atoms with Gasteiger partial charge in [0.15, 0.2) is 0 Å². The summed E-state index contributed by atoms with van der Waals surface area (Å²) < 4.78 is 0. The Hall–Kier alpha value is -1.06. The van der Waals surface area contributed by atoms with Gasteiger partial charge in [0, 0.05) is 12.8 Å². The second-order valence-corrected chi connectivity index (χ2v) is 4.29. The van der Waals surface area contributed by atoms with Crippen LogP contribution in [0.1, 0.15) is 52.4 Å². The van der Waals surface area contributed by atoms with Gasteiger partial charge in [-0.1, -0.05) is 26.7 Å². The third kappa shape index (κ3) is 6.43. The highest BCUT2D eigenvalue weighted by atomic mass is 16.4. The topological polar surface area (TPSA) is 74.6 Å². The number of carbonyl (C=O) groups is 2. The van der Waals surface area contributed by atoms with Crippen LogP contribution in [0.5, 0.6) is 0 Å². The van der Waals surface area contributed by atoms with E-state index in [4.69, 9.17) is 10.2 Å². The quantitative estimate of drug-likeness (QED) is 0.638. The Kier molecular flexibility index (Phi) is 7.60. The largest absolute Gasteiger partial charge is 0.481 e. The van der Waals surface area contributed by atoms with E-state index in [1.54, 1.807) is 0 Å². The fourth-order valence-electron chi connectivity index (χ4n) is 2.20. The molecule has 2 N–H and O–H groups in total. The first-order valence-electron chi connectivity index (χ1n) is 5.94. The number of carboxylic acids is 2. The first-order valence-corrected chi connectivity index (χ1v) is 5.94. The third-order valence-electron chi connectivity index (χ3n) is 2.86. The molecule has 0 spiro atoms. The van der Waals surface area contributed by atoms with Crippen LogP contribution in [0.4, 0.5) is 0 Å². The molecule has 2 atom stereocenters. The molecule has 0 aromatic rings. The van der Waals surface area contributed by atoms with Crippen molar-refractivity contribution in [2.24, 2.45) is 11.8 Å². The van der Waals surface area contributed by atoms with Crippen LogP contribution in [-0.2, 0) is 9.59 Å². The highest BCUT2D eigenvalue weighted by Crippen LogP contribution is 2.28. The van der Waals surface area contributed by atoms with E-state index in [0.29, 0.717) is 0 Å². The molecule has 0 aliphatic heterocycles. The predicted molar refractivity (Wildman–Crippen MR) is 61.3 cm³/mol. The molecule has 0 fully saturated rings. The SMILES string of the molecule is CCC[C@@H](CC(=O)O)[C@@H](CCC)CC(=O)O. The predicted octanol–water partition coefficient (Wildman–Crippen LogP) is 2.77. The second kappa shape index (κ2) is 8.13. The van der Waals surface area contributed by atoms with Gasteiger partial charge >= 0.3 is 11.9 Å². The minimum Gasteiger partial charge on any atom is -0.481 e. The van der Waals surface area contributed by atoms with Crippen LogP contribution >= 0.6 is 0 Å². The monoisotopic (exact) mass is 230 g/mol. The molecule has 0 aliphatic rings. The van der Waals surface area contributed by atoms with Gasteiger partial charge in [0.25, 0.3) is 0 Å². The lowest BCUT2D eigenvalue weighted by Gasteiger charge is -2.24. The van der Waals surface area contributed by atoms with Gasteiger partial charge in [-0.2, -0.15) is 0 Å². The van der Waals surface area contributed by atoms with Gasteiger partial charge in [-0.05, 0) is 24.7 Å². The first kappa shape index (κ1) is 14.9. The summed E-state index contributed by atoms with van der Waals surface area (Å²) in [6.45, 7) is 4.00. The van der Waals surface area contributed by atoms with E-state index in [1.165, 1.54) is 0 Å². The van der Waals surface area contributed by atoms with E-state index in [1.807, 2.05) is 13.8 Å². The van der Waals surface area contributed by atoms with Crippen molar-refractivity contribution in [2.45, 2.75) is 52.4 Å². The molecule has 0 radical (unpaired) electrons. The minimum absolute atomic E-state index is 0.00134. The van der Waals surface area contributed by atoms with Crippen LogP contribution < -0.4 is 0 Å². The molecular weight excluding hydrogens is 208 g/mol. The average molecular weight is 230 g/mol. The summed E-state index contributed by atoms with van der Waals surface area (Å²) in [5.41, 5.74) is 0. The Labute approximate surface area is 96.7 Å². The Morgan fingerprint density at radius 2 is 1.19 bits per heavy atom. The Morgan fingerprint density at radius 1 is 0.875 bits per heavy atom. The van der Waals surface area contributed by atoms with Crippen molar-refractivity contribution in [3.63, 3.8) is 0 Å². The van der Waals surface area contributed by atoms with Crippen LogP contribution in [-0.4, -0.2) is 22.2 Å². The van der Waals surface area contributed by atoms with Crippen LogP contribution in [0.2, 0.25) is 0 Å². The van der Waals surface area contributed by atoms with E-state index < -0.39 is 11.9 Å². The molecule has 0 heterocycles. The molecular formula is C12H22O4. The van der Waals surface area contributed by atoms with E-state index in [2.05, 4.69) is 0 Å². The van der Waals surface area contributed by atoms with Gasteiger partial charge in [-0.15, -0.1) is 0 Å². The minimum atomic E-state index is -0.829. The molecule has 0 saturated carbocycles. The number of rotatable bonds is 9. The fraction of sp³-hybridized carbons (Fsp3) is 0.833. The van der Waals surface area contributed by atoms with Gasteiger partial charge < -0.3 is 10.2 Å². The smallest absolute Gasteiger partial charge is 0.303 e. The third-order valence-corrected chi connectivity index (χ3v) is 2.86. The highest BCUT2D eigenvalue weighted by Gasteiger charge is 2.24. The zero-order valence-electron chi connectivity index (χ0n) is 10.1. The van der Waals surface area contributed by atoms with Crippen molar-refractivity contribution in [3.8, 4) is 0 Å². The summed E-state index contributed by atoms with van der Waals surface area (Å²) in [5.74, 6) is -1.66. The average Bonchev–Trinajstić information content (AvgIpc) is 2.15. The molecule has 0 bridgehead atoms. The zero-order chi connectivity index (χ0) is 12.6. The van der Waals surface area contributed by atoms with E-state index in [0.717, 1.165) is 25.7 Å². The summed E-state index contributed by atoms with van der Waals surface area (Å²) in [7, 11) is 0. The molecule has 0 saturated heterocycles. The molecule has 4 heteroatoms. The van der Waals surface area contributed by atoms with Gasteiger partial charge in [0.05, 0.1) is 0 Å². The number of aliphatic carboxylic acids is 2. The molecule has 0 unspecified atom stereocenters. The lowest BCUT2D eigenvalue weighted by atomic mass is 9.81. The van der Waals surface area contributed by atoms with Crippen LogP contribution in [0, 0.1) is 11.8 Å². The zero-order valence-corrected chi connectivity index (χ0v) is 10.1. The second-order valence-electron chi connectivity index (χ2n) is 4.29. The molecule has 4 nitrogen and oxygen atoms in total. The maximum absolute atomic E-state index is 10.7. The molecule has 16 heavy (non-hydrogen) atoms. The fourth-order valence-corrected chi connectivity index (χ4v) is 2.20. The summed E-state index contributed by atoms with van der Waals surface area (Å²) in [4.78, 5) is 21.5. The lowest BCUT2D eigenvalue weighted by Crippen LogP contribution is -2.21. The number of hydrogen-bond donors (Lipinski definition) is 2. The summed E-state index contributed by atoms with van der Waals surface area (Å²) in [6.07, 6.45) is 3.57. The van der Waals surface area contributed by atoms with Crippen LogP contribution in [0.3, 0.4) is 0 Å². The van der Waals surface area contributed by atoms with Crippen molar-refractivity contribution >= 4 is 11.9 Å². The van der Waals surface area contributed by atoms with E-state index >= 15 is 0 Å². The number of hydrogen-bond acceptors (Lipinski definition) is 2. The van der Waals surface area contributed by atoms with Crippen LogP contribution in [0.25, 0.3) is 0 Å². The van der Waals surface area contributed by atoms with Gasteiger partial charge in [0.1, 0.15) is 0 Å². The molecule has 0 aromatic carbocycles. The Balaban J connectivity index is 4.49. The summed E-state index contributed by atoms with van der Waals surface area (Å²) in [5, 5.41) is 17.6. The normalized spacial score (nSPS) is 14.4. The van der Waals surface area contributed by atoms with Crippen molar-refractivity contribution < 1.29 is 19.8 Å². The lowest BCUT2D eigenvalue weighted by molar-refractivity contribution is -0.142. The van der Waals surface area contributed by atoms with Gasteiger partial charge in [-0.25, -0.2) is 0 Å². The van der Waals surface area contributed by atoms with Crippen molar-refractivity contribution in [2.75, 3.05) is 0 Å². The van der Waals surface area contributed by atoms with Gasteiger partial charge in [0.2, 0.25) is 0 Å². The first-order chi connectivity index (χ1) is 7.51.